The highest BCUT2D eigenvalue weighted by Gasteiger charge is 2.30. The Labute approximate surface area is 320 Å². The highest BCUT2D eigenvalue weighted by Crippen LogP contribution is 2.31. The average molecular weight is 755 g/mol. The van der Waals surface area contributed by atoms with Crippen molar-refractivity contribution in [1.82, 2.24) is 0 Å². The fourth-order valence-electron chi connectivity index (χ4n) is 5.07. The number of hydrogen-bond acceptors (Lipinski definition) is 12. The lowest BCUT2D eigenvalue weighted by molar-refractivity contribution is -0.144. The molecule has 298 valence electrons. The van der Waals surface area contributed by atoms with Crippen LogP contribution in [0.3, 0.4) is 0 Å². The number of benzene rings is 3. The number of carbonyl (C=O) groups excluding carboxylic acids is 2. The Kier molecular flexibility index (Phi) is 22.5. The molecule has 12 nitrogen and oxygen atoms in total. The van der Waals surface area contributed by atoms with Gasteiger partial charge in [-0.15, -0.1) is 6.58 Å². The van der Waals surface area contributed by atoms with Crippen molar-refractivity contribution >= 4 is 12.3 Å². The van der Waals surface area contributed by atoms with E-state index >= 15 is 0 Å². The molecular weight excluding hydrogens is 696 g/mol. The number of methoxy groups -OCH3 is 4. The van der Waals surface area contributed by atoms with Crippen LogP contribution >= 0.6 is 0 Å². The maximum absolute atomic E-state index is 11.1. The van der Waals surface area contributed by atoms with Crippen molar-refractivity contribution < 1.29 is 57.0 Å². The van der Waals surface area contributed by atoms with Gasteiger partial charge in [0.1, 0.15) is 23.5 Å². The van der Waals surface area contributed by atoms with Crippen LogP contribution in [0.4, 0.5) is 0 Å². The molecule has 0 radical (unpaired) electrons. The second-order valence-corrected chi connectivity index (χ2v) is 11.3. The van der Waals surface area contributed by atoms with Crippen LogP contribution in [0.2, 0.25) is 0 Å². The van der Waals surface area contributed by atoms with Crippen LogP contribution in [0, 0.1) is 0 Å². The minimum absolute atomic E-state index is 0.121. The van der Waals surface area contributed by atoms with Gasteiger partial charge in [0.05, 0.1) is 73.0 Å². The summed E-state index contributed by atoms with van der Waals surface area (Å²) in [5, 5.41) is 0. The van der Waals surface area contributed by atoms with Gasteiger partial charge in [-0.1, -0.05) is 70.2 Å². The zero-order valence-corrected chi connectivity index (χ0v) is 32.9. The van der Waals surface area contributed by atoms with E-state index in [1.165, 1.54) is 7.11 Å². The van der Waals surface area contributed by atoms with Gasteiger partial charge in [0.25, 0.3) is 0 Å². The van der Waals surface area contributed by atoms with Gasteiger partial charge in [0.2, 0.25) is 0 Å². The van der Waals surface area contributed by atoms with E-state index in [9.17, 15) is 9.59 Å². The van der Waals surface area contributed by atoms with Gasteiger partial charge < -0.3 is 52.2 Å². The maximum atomic E-state index is 11.1. The molecule has 0 saturated carbocycles. The van der Waals surface area contributed by atoms with Gasteiger partial charge in [0, 0.05) is 23.1 Å². The van der Waals surface area contributed by atoms with Crippen LogP contribution < -0.4 is 14.2 Å². The van der Waals surface area contributed by atoms with Gasteiger partial charge in [0.15, 0.2) is 18.9 Å². The zero-order valence-electron chi connectivity index (χ0n) is 32.9. The van der Waals surface area contributed by atoms with Gasteiger partial charge in [-0.3, -0.25) is 4.79 Å². The van der Waals surface area contributed by atoms with E-state index in [-0.39, 0.29) is 43.3 Å². The third-order valence-corrected chi connectivity index (χ3v) is 7.82. The lowest BCUT2D eigenvalue weighted by Gasteiger charge is -2.11. The first-order valence-electron chi connectivity index (χ1n) is 18.2. The Morgan fingerprint density at radius 1 is 0.593 bits per heavy atom. The first kappa shape index (κ1) is 45.9. The molecule has 3 saturated heterocycles. The highest BCUT2D eigenvalue weighted by molar-refractivity contribution is 5.69. The minimum atomic E-state index is -0.425. The number of carbonyl (C=O) groups is 2. The third kappa shape index (κ3) is 15.2. The van der Waals surface area contributed by atoms with Crippen molar-refractivity contribution in [3.63, 3.8) is 0 Å². The fourth-order valence-corrected chi connectivity index (χ4v) is 5.07. The third-order valence-electron chi connectivity index (χ3n) is 7.82. The topological polar surface area (TPSA) is 126 Å². The second-order valence-electron chi connectivity index (χ2n) is 11.3. The summed E-state index contributed by atoms with van der Waals surface area (Å²) in [6.45, 7) is 13.2. The van der Waals surface area contributed by atoms with Crippen molar-refractivity contribution in [2.45, 2.75) is 84.1 Å². The van der Waals surface area contributed by atoms with Crippen molar-refractivity contribution in [1.29, 1.82) is 0 Å². The summed E-state index contributed by atoms with van der Waals surface area (Å²) in [5.74, 6) is 2.12. The predicted molar refractivity (Wildman–Crippen MR) is 205 cm³/mol. The quantitative estimate of drug-likeness (QED) is 0.101. The smallest absolute Gasteiger partial charge is 0.308 e. The molecule has 0 amide bonds. The number of hydrogen-bond donors (Lipinski definition) is 0. The van der Waals surface area contributed by atoms with Crippen LogP contribution in [0.1, 0.15) is 82.5 Å². The number of ether oxygens (including phenoxy) is 10. The van der Waals surface area contributed by atoms with E-state index in [4.69, 9.17) is 42.6 Å². The van der Waals surface area contributed by atoms with Crippen LogP contribution in [0.15, 0.2) is 85.5 Å². The van der Waals surface area contributed by atoms with Gasteiger partial charge in [-0.2, -0.15) is 0 Å². The van der Waals surface area contributed by atoms with Gasteiger partial charge in [-0.25, -0.2) is 0 Å². The first-order chi connectivity index (χ1) is 26.4. The molecular formula is C42H58O12. The Balaban J connectivity index is 0.000000268. The van der Waals surface area contributed by atoms with Crippen molar-refractivity contribution in [2.24, 2.45) is 0 Å². The normalized spacial score (nSPS) is 22.2. The summed E-state index contributed by atoms with van der Waals surface area (Å²) in [6.07, 6.45) is 2.84. The predicted octanol–water partition coefficient (Wildman–Crippen LogP) is 8.11. The summed E-state index contributed by atoms with van der Waals surface area (Å²) in [5.41, 5.74) is 2.87. The molecule has 3 aliphatic heterocycles. The molecule has 0 aliphatic carbocycles. The summed E-state index contributed by atoms with van der Waals surface area (Å²) in [4.78, 5) is 21.5. The lowest BCUT2D eigenvalue weighted by Crippen LogP contribution is -2.16. The molecule has 3 aromatic carbocycles. The lowest BCUT2D eigenvalue weighted by atomic mass is 10.2. The van der Waals surface area contributed by atoms with E-state index in [1.807, 2.05) is 107 Å². The molecule has 3 aromatic rings. The average Bonchev–Trinajstić information content (AvgIpc) is 4.03. The number of esters is 1. The number of rotatable bonds is 12. The van der Waals surface area contributed by atoms with Crippen molar-refractivity contribution in [2.75, 3.05) is 48.3 Å². The molecule has 0 spiro atoms. The van der Waals surface area contributed by atoms with Crippen LogP contribution in [0.25, 0.3) is 0 Å². The molecule has 3 unspecified atom stereocenters. The zero-order chi connectivity index (χ0) is 39.7. The molecule has 3 aliphatic rings. The Morgan fingerprint density at radius 2 is 0.926 bits per heavy atom. The summed E-state index contributed by atoms with van der Waals surface area (Å²) in [7, 11) is 6.25. The molecule has 6 atom stereocenters. The van der Waals surface area contributed by atoms with E-state index in [0.29, 0.717) is 26.2 Å². The van der Waals surface area contributed by atoms with Gasteiger partial charge >= 0.3 is 5.97 Å². The molecule has 3 heterocycles. The van der Waals surface area contributed by atoms with E-state index in [2.05, 4.69) is 11.3 Å². The van der Waals surface area contributed by atoms with E-state index in [1.54, 1.807) is 21.3 Å². The standard InChI is InChI=1S/C13H16O5.C13H16O3.C12H14O4.2C2H6/c1-15-10-5-3-9(4-6-10)13-17-8-11(18-13)7-12(14)16-2;1-3-4-12-9-15-13(16-12)10-5-7-11(14-2)8-6-10;1-14-10-4-2-9(3-5-10)12-15-8-11(16-12)6-7-13;2*1-2/h3-6,11,13H,7-8H2,1-2H3;3,5-8,12-13H,1,4,9H2,2H3;2-5,7,11-12H,6,8H2,1H3;2*1-2H3/t11-,13?;12-,13?;11-,12?;;/m000../s1. The minimum Gasteiger partial charge on any atom is -0.497 e. The van der Waals surface area contributed by atoms with Gasteiger partial charge in [-0.05, 0) is 42.8 Å². The maximum Gasteiger partial charge on any atom is 0.308 e. The number of aldehydes is 1. The Morgan fingerprint density at radius 3 is 1.24 bits per heavy atom. The second kappa shape index (κ2) is 26.5. The van der Waals surface area contributed by atoms with E-state index < -0.39 is 6.29 Å². The van der Waals surface area contributed by atoms with Crippen molar-refractivity contribution in [3.8, 4) is 17.2 Å². The van der Waals surface area contributed by atoms with Crippen LogP contribution in [-0.4, -0.2) is 78.8 Å². The molecule has 3 fully saturated rings. The van der Waals surface area contributed by atoms with Crippen LogP contribution in [0.5, 0.6) is 17.2 Å². The fraction of sp³-hybridized carbons (Fsp3) is 0.476. The largest absolute Gasteiger partial charge is 0.497 e. The first-order valence-corrected chi connectivity index (χ1v) is 18.2. The molecule has 6 rings (SSSR count). The SMILES string of the molecule is C=CC[C@H]1COC(c2ccc(OC)cc2)O1.CC.CC.COC(=O)C[C@H]1COC(c2ccc(OC)cc2)O1.COc1ccc(C2OC[C@H](CC=O)O2)cc1. The highest BCUT2D eigenvalue weighted by atomic mass is 16.7. The Bertz CT molecular complexity index is 1370. The summed E-state index contributed by atoms with van der Waals surface area (Å²) < 4.78 is 53.3. The molecule has 0 N–H and O–H groups in total. The molecule has 0 aromatic heterocycles. The Hall–Kier alpha value is -4.30. The summed E-state index contributed by atoms with van der Waals surface area (Å²) >= 11 is 0. The molecule has 12 heteroatoms. The molecule has 0 bridgehead atoms. The summed E-state index contributed by atoms with van der Waals surface area (Å²) in [6, 6.07) is 22.7. The monoisotopic (exact) mass is 754 g/mol. The van der Waals surface area contributed by atoms with Crippen LogP contribution in [-0.2, 0) is 42.7 Å². The van der Waals surface area contributed by atoms with E-state index in [0.717, 1.165) is 46.6 Å². The van der Waals surface area contributed by atoms with Crippen molar-refractivity contribution in [3.05, 3.63) is 102 Å². The molecule has 54 heavy (non-hydrogen) atoms.